The van der Waals surface area contributed by atoms with Gasteiger partial charge in [-0.25, -0.2) is 4.18 Å². The van der Waals surface area contributed by atoms with Crippen LogP contribution >= 0.6 is 0 Å². The summed E-state index contributed by atoms with van der Waals surface area (Å²) >= 11 is 0. The number of rotatable bonds is 14. The zero-order valence-electron chi connectivity index (χ0n) is 19.1. The summed E-state index contributed by atoms with van der Waals surface area (Å²) in [6.07, 6.45) is 4.46. The summed E-state index contributed by atoms with van der Waals surface area (Å²) in [4.78, 5) is 0.162. The maximum atomic E-state index is 12.9. The van der Waals surface area contributed by atoms with Crippen molar-refractivity contribution in [3.63, 3.8) is 0 Å². The van der Waals surface area contributed by atoms with E-state index in [1.165, 1.54) is 19.3 Å². The van der Waals surface area contributed by atoms with Gasteiger partial charge in [0, 0.05) is 18.6 Å². The molecule has 0 saturated heterocycles. The highest BCUT2D eigenvalue weighted by Crippen LogP contribution is 2.24. The highest BCUT2D eigenvalue weighted by Gasteiger charge is 2.37. The van der Waals surface area contributed by atoms with E-state index in [-0.39, 0.29) is 4.90 Å². The average Bonchev–Trinajstić information content (AvgIpc) is 2.59. The van der Waals surface area contributed by atoms with E-state index in [9.17, 15) is 8.42 Å². The van der Waals surface area contributed by atoms with E-state index < -0.39 is 21.9 Å². The van der Waals surface area contributed by atoms with Gasteiger partial charge in [0.15, 0.2) is 0 Å². The molecule has 1 aromatic carbocycles. The first-order valence-corrected chi connectivity index (χ1v) is 12.0. The molecule has 0 heterocycles. The van der Waals surface area contributed by atoms with Crippen molar-refractivity contribution < 1.29 is 21.8 Å². The molecule has 0 spiro atoms. The Morgan fingerprint density at radius 1 is 1.07 bits per heavy atom. The molecule has 1 unspecified atom stereocenters. The summed E-state index contributed by atoms with van der Waals surface area (Å²) in [6.45, 7) is 9.78. The van der Waals surface area contributed by atoms with Crippen LogP contribution in [0.15, 0.2) is 29.2 Å². The van der Waals surface area contributed by atoms with Gasteiger partial charge in [-0.05, 0) is 39.3 Å². The lowest BCUT2D eigenvalue weighted by molar-refractivity contribution is -0.934. The van der Waals surface area contributed by atoms with Crippen LogP contribution in [0, 0.1) is 6.92 Å². The lowest BCUT2D eigenvalue weighted by Crippen LogP contribution is -2.56. The zero-order chi connectivity index (χ0) is 22.1. The third-order valence-electron chi connectivity index (χ3n) is 4.98. The fraction of sp³-hybridized carbons (Fsp3) is 0.727. The van der Waals surface area contributed by atoms with Gasteiger partial charge in [0.1, 0.15) is 6.54 Å². The lowest BCUT2D eigenvalue weighted by Gasteiger charge is -2.39. The predicted octanol–water partition coefficient (Wildman–Crippen LogP) is 3.83. The SMILES string of the molecule is CCCCCCOCC[N+](C)(C)C(CC(C)(C)N)OS(=O)(=O)c1ccc(C)cc1. The molecule has 0 aliphatic carbocycles. The van der Waals surface area contributed by atoms with Gasteiger partial charge < -0.3 is 15.0 Å². The quantitative estimate of drug-likeness (QED) is 0.210. The molecular weight excluding hydrogens is 388 g/mol. The summed E-state index contributed by atoms with van der Waals surface area (Å²) in [5.74, 6) is 0. The normalized spacial score (nSPS) is 14.2. The maximum Gasteiger partial charge on any atom is 0.301 e. The number of unbranched alkanes of at least 4 members (excludes halogenated alkanes) is 3. The Hall–Kier alpha value is -0.990. The Labute approximate surface area is 178 Å². The van der Waals surface area contributed by atoms with Gasteiger partial charge in [-0.3, -0.25) is 0 Å². The highest BCUT2D eigenvalue weighted by atomic mass is 32.2. The van der Waals surface area contributed by atoms with Crippen molar-refractivity contribution in [2.75, 3.05) is 33.9 Å². The van der Waals surface area contributed by atoms with Crippen LogP contribution in [0.3, 0.4) is 0 Å². The number of benzene rings is 1. The lowest BCUT2D eigenvalue weighted by atomic mass is 10.0. The molecule has 0 saturated carbocycles. The van der Waals surface area contributed by atoms with E-state index in [1.54, 1.807) is 24.3 Å². The molecule has 0 aliphatic rings. The van der Waals surface area contributed by atoms with Crippen molar-refractivity contribution in [2.24, 2.45) is 5.73 Å². The van der Waals surface area contributed by atoms with Crippen LogP contribution in [0.1, 0.15) is 58.4 Å². The Morgan fingerprint density at radius 2 is 1.69 bits per heavy atom. The first kappa shape index (κ1) is 26.0. The third kappa shape index (κ3) is 10.0. The summed E-state index contributed by atoms with van der Waals surface area (Å²) in [5, 5.41) is 0. The number of aryl methyl sites for hydroxylation is 1. The molecule has 0 bridgehead atoms. The molecule has 1 rings (SSSR count). The second kappa shape index (κ2) is 11.4. The summed E-state index contributed by atoms with van der Waals surface area (Å²) in [7, 11) is 0.0303. The minimum atomic E-state index is -3.89. The predicted molar refractivity (Wildman–Crippen MR) is 118 cm³/mol. The van der Waals surface area contributed by atoms with Gasteiger partial charge in [0.05, 0.1) is 25.6 Å². The summed E-state index contributed by atoms with van der Waals surface area (Å²) in [5.41, 5.74) is 6.65. The Balaban J connectivity index is 2.81. The number of nitrogens with two attached hydrogens (primary N) is 1. The second-order valence-corrected chi connectivity index (χ2v) is 10.8. The van der Waals surface area contributed by atoms with Crippen LogP contribution in [0.25, 0.3) is 0 Å². The van der Waals surface area contributed by atoms with Crippen LogP contribution in [0.2, 0.25) is 0 Å². The molecule has 6 nitrogen and oxygen atoms in total. The number of likely N-dealkylation sites (N-methyl/N-ethyl adjacent to an activating group) is 1. The molecule has 0 amide bonds. The van der Waals surface area contributed by atoms with Gasteiger partial charge in [-0.15, -0.1) is 0 Å². The molecule has 29 heavy (non-hydrogen) atoms. The minimum Gasteiger partial charge on any atom is -0.376 e. The second-order valence-electron chi connectivity index (χ2n) is 9.19. The highest BCUT2D eigenvalue weighted by molar-refractivity contribution is 7.86. The van der Waals surface area contributed by atoms with Crippen LogP contribution in [0.4, 0.5) is 0 Å². The largest absolute Gasteiger partial charge is 0.376 e. The molecule has 0 aliphatic heterocycles. The fourth-order valence-electron chi connectivity index (χ4n) is 2.93. The van der Waals surface area contributed by atoms with Gasteiger partial charge >= 0.3 is 10.1 Å². The Kier molecular flexibility index (Phi) is 10.3. The number of hydrogen-bond acceptors (Lipinski definition) is 5. The summed E-state index contributed by atoms with van der Waals surface area (Å²) < 4.78 is 37.6. The van der Waals surface area contributed by atoms with E-state index in [2.05, 4.69) is 6.92 Å². The van der Waals surface area contributed by atoms with Gasteiger partial charge in [-0.2, -0.15) is 8.42 Å². The van der Waals surface area contributed by atoms with E-state index in [4.69, 9.17) is 14.7 Å². The monoisotopic (exact) mass is 429 g/mol. The number of hydrogen-bond donors (Lipinski definition) is 1. The standard InChI is InChI=1S/C22H41N2O4S/c1-7-8-9-10-16-27-17-15-24(5,6)21(18-22(3,4)23)28-29(25,26)20-13-11-19(2)12-14-20/h11-14,21H,7-10,15-18,23H2,1-6H3/q+1. The van der Waals surface area contributed by atoms with E-state index >= 15 is 0 Å². The molecule has 1 aromatic rings. The van der Waals surface area contributed by atoms with Crippen molar-refractivity contribution in [3.05, 3.63) is 29.8 Å². The molecule has 168 valence electrons. The van der Waals surface area contributed by atoms with E-state index in [0.29, 0.717) is 24.1 Å². The fourth-order valence-corrected chi connectivity index (χ4v) is 4.11. The molecule has 1 atom stereocenters. The summed E-state index contributed by atoms with van der Waals surface area (Å²) in [6, 6.07) is 6.69. The molecular formula is C22H41N2O4S+. The van der Waals surface area contributed by atoms with Crippen molar-refractivity contribution in [1.82, 2.24) is 0 Å². The van der Waals surface area contributed by atoms with Crippen LogP contribution in [-0.2, 0) is 19.0 Å². The van der Waals surface area contributed by atoms with Crippen LogP contribution in [-0.4, -0.2) is 58.5 Å². The first-order chi connectivity index (χ1) is 13.4. The Bertz CT molecular complexity index is 695. The van der Waals surface area contributed by atoms with Crippen molar-refractivity contribution in [2.45, 2.75) is 76.5 Å². The molecule has 2 N–H and O–H groups in total. The molecule has 0 aromatic heterocycles. The van der Waals surface area contributed by atoms with Crippen LogP contribution < -0.4 is 5.73 Å². The van der Waals surface area contributed by atoms with Crippen molar-refractivity contribution >= 4 is 10.1 Å². The zero-order valence-corrected chi connectivity index (χ0v) is 19.9. The smallest absolute Gasteiger partial charge is 0.301 e. The van der Waals surface area contributed by atoms with Crippen molar-refractivity contribution in [3.8, 4) is 0 Å². The van der Waals surface area contributed by atoms with E-state index in [0.717, 1.165) is 18.6 Å². The average molecular weight is 430 g/mol. The molecule has 7 heteroatoms. The third-order valence-corrected chi connectivity index (χ3v) is 6.31. The van der Waals surface area contributed by atoms with Crippen molar-refractivity contribution in [1.29, 1.82) is 0 Å². The number of ether oxygens (including phenoxy) is 1. The van der Waals surface area contributed by atoms with Gasteiger partial charge in [0.2, 0.25) is 6.23 Å². The van der Waals surface area contributed by atoms with Crippen LogP contribution in [0.5, 0.6) is 0 Å². The minimum absolute atomic E-state index is 0.162. The molecule has 0 fully saturated rings. The molecule has 0 radical (unpaired) electrons. The maximum absolute atomic E-state index is 12.9. The Morgan fingerprint density at radius 3 is 2.24 bits per heavy atom. The topological polar surface area (TPSA) is 78.6 Å². The first-order valence-electron chi connectivity index (χ1n) is 10.6. The number of quaternary nitrogens is 1. The van der Waals surface area contributed by atoms with Gasteiger partial charge in [-0.1, -0.05) is 43.9 Å². The number of nitrogens with zero attached hydrogens (tertiary/aromatic N) is 1. The van der Waals surface area contributed by atoms with E-state index in [1.807, 2.05) is 34.9 Å². The van der Waals surface area contributed by atoms with Gasteiger partial charge in [0.25, 0.3) is 0 Å².